The minimum Gasteiger partial charge on any atom is -0.326 e. The first kappa shape index (κ1) is 11.4. The Morgan fingerprint density at radius 3 is 2.83 bits per heavy atom. The molecule has 0 saturated carbocycles. The molecule has 1 aromatic rings. The fourth-order valence-electron chi connectivity index (χ4n) is 1.05. The van der Waals surface area contributed by atoms with Crippen LogP contribution in [0.1, 0.15) is 24.6 Å². The highest BCUT2D eigenvalue weighted by Gasteiger charge is 1.93. The second-order valence-electron chi connectivity index (χ2n) is 2.61. The van der Waals surface area contributed by atoms with Gasteiger partial charge >= 0.3 is 0 Å². The maximum absolute atomic E-state index is 5.49. The topological polar surface area (TPSA) is 38.9 Å². The molecule has 1 rings (SSSR count). The molecule has 0 aliphatic heterocycles. The van der Waals surface area contributed by atoms with Crippen molar-refractivity contribution in [2.45, 2.75) is 26.3 Å². The van der Waals surface area contributed by atoms with E-state index in [1.165, 1.54) is 5.56 Å². The summed E-state index contributed by atoms with van der Waals surface area (Å²) in [6, 6.07) is 4.03. The number of aromatic nitrogens is 1. The van der Waals surface area contributed by atoms with Crippen LogP contribution in [0.5, 0.6) is 0 Å². The van der Waals surface area contributed by atoms with Crippen LogP contribution in [0.4, 0.5) is 0 Å². The van der Waals surface area contributed by atoms with E-state index >= 15 is 0 Å². The van der Waals surface area contributed by atoms with Crippen molar-refractivity contribution in [1.29, 1.82) is 0 Å². The van der Waals surface area contributed by atoms with Crippen molar-refractivity contribution in [3.8, 4) is 0 Å². The van der Waals surface area contributed by atoms with Gasteiger partial charge in [-0.3, -0.25) is 4.98 Å². The Balaban J connectivity index is 0.00000121. The van der Waals surface area contributed by atoms with E-state index in [-0.39, 0.29) is 12.4 Å². The van der Waals surface area contributed by atoms with Crippen LogP contribution in [-0.4, -0.2) is 4.98 Å². The van der Waals surface area contributed by atoms with Crippen molar-refractivity contribution in [2.24, 2.45) is 5.73 Å². The zero-order valence-corrected chi connectivity index (χ0v) is 8.10. The van der Waals surface area contributed by atoms with E-state index in [4.69, 9.17) is 5.73 Å². The highest BCUT2D eigenvalue weighted by Crippen LogP contribution is 2.02. The molecule has 0 aliphatic rings. The Morgan fingerprint density at radius 1 is 1.50 bits per heavy atom. The summed E-state index contributed by atoms with van der Waals surface area (Å²) in [5, 5.41) is 0. The van der Waals surface area contributed by atoms with Crippen LogP contribution < -0.4 is 5.73 Å². The molecular weight excluding hydrogens is 172 g/mol. The van der Waals surface area contributed by atoms with E-state index in [2.05, 4.69) is 18.0 Å². The molecule has 2 N–H and O–H groups in total. The summed E-state index contributed by atoms with van der Waals surface area (Å²) >= 11 is 0. The first-order valence-corrected chi connectivity index (χ1v) is 4.00. The summed E-state index contributed by atoms with van der Waals surface area (Å²) in [6.07, 6.45) is 4.02. The van der Waals surface area contributed by atoms with Gasteiger partial charge in [0.2, 0.25) is 0 Å². The number of pyridine rings is 1. The van der Waals surface area contributed by atoms with E-state index < -0.39 is 0 Å². The van der Waals surface area contributed by atoms with E-state index in [9.17, 15) is 0 Å². The molecule has 0 unspecified atom stereocenters. The second kappa shape index (κ2) is 5.98. The summed E-state index contributed by atoms with van der Waals surface area (Å²) in [4.78, 5) is 4.22. The predicted molar refractivity (Wildman–Crippen MR) is 53.4 cm³/mol. The number of hydrogen-bond acceptors (Lipinski definition) is 2. The van der Waals surface area contributed by atoms with E-state index in [1.54, 1.807) is 0 Å². The Morgan fingerprint density at radius 2 is 2.25 bits per heavy atom. The minimum absolute atomic E-state index is 0. The van der Waals surface area contributed by atoms with Gasteiger partial charge in [0.15, 0.2) is 0 Å². The Labute approximate surface area is 79.6 Å². The van der Waals surface area contributed by atoms with Gasteiger partial charge in [-0.15, -0.1) is 12.4 Å². The summed E-state index contributed by atoms with van der Waals surface area (Å²) < 4.78 is 0. The van der Waals surface area contributed by atoms with Crippen molar-refractivity contribution in [1.82, 2.24) is 4.98 Å². The smallest absolute Gasteiger partial charge is 0.0406 e. The summed E-state index contributed by atoms with van der Waals surface area (Å²) in [6.45, 7) is 2.76. The van der Waals surface area contributed by atoms with Crippen LogP contribution in [0.15, 0.2) is 18.3 Å². The van der Waals surface area contributed by atoms with Crippen molar-refractivity contribution in [2.75, 3.05) is 0 Å². The van der Waals surface area contributed by atoms with Gasteiger partial charge in [0.1, 0.15) is 0 Å². The maximum atomic E-state index is 5.49. The van der Waals surface area contributed by atoms with Crippen molar-refractivity contribution in [3.63, 3.8) is 0 Å². The maximum Gasteiger partial charge on any atom is 0.0406 e. The van der Waals surface area contributed by atoms with Crippen LogP contribution in [0, 0.1) is 0 Å². The Hall–Kier alpha value is -0.600. The normalized spacial score (nSPS) is 9.17. The molecule has 0 aliphatic carbocycles. The first-order chi connectivity index (χ1) is 5.36. The second-order valence-corrected chi connectivity index (χ2v) is 2.61. The number of hydrogen-bond donors (Lipinski definition) is 1. The minimum atomic E-state index is 0. The molecule has 0 aromatic carbocycles. The van der Waals surface area contributed by atoms with Gasteiger partial charge in [0.25, 0.3) is 0 Å². The molecule has 0 bridgehead atoms. The van der Waals surface area contributed by atoms with Crippen LogP contribution >= 0.6 is 12.4 Å². The van der Waals surface area contributed by atoms with Gasteiger partial charge in [-0.05, 0) is 24.1 Å². The van der Waals surface area contributed by atoms with E-state index in [0.29, 0.717) is 6.54 Å². The largest absolute Gasteiger partial charge is 0.326 e. The molecule has 0 spiro atoms. The fraction of sp³-hybridized carbons (Fsp3) is 0.444. The van der Waals surface area contributed by atoms with Gasteiger partial charge in [-0.25, -0.2) is 0 Å². The van der Waals surface area contributed by atoms with E-state index in [1.807, 2.05) is 12.3 Å². The Kier molecular flexibility index (Phi) is 5.68. The van der Waals surface area contributed by atoms with Gasteiger partial charge in [-0.1, -0.05) is 13.3 Å². The third-order valence-electron chi connectivity index (χ3n) is 1.62. The molecule has 0 fully saturated rings. The standard InChI is InChI=1S/C9H14N2.ClH/c1-2-3-9-6-8(7-10)4-5-11-9;/h4-6H,2-3,7,10H2,1H3;1H. The number of aryl methyl sites for hydroxylation is 1. The highest BCUT2D eigenvalue weighted by molar-refractivity contribution is 5.85. The number of nitrogens with two attached hydrogens (primary N) is 1. The molecule has 3 heteroatoms. The molecule has 2 nitrogen and oxygen atoms in total. The quantitative estimate of drug-likeness (QED) is 0.784. The summed E-state index contributed by atoms with van der Waals surface area (Å²) in [5.74, 6) is 0. The first-order valence-electron chi connectivity index (χ1n) is 4.00. The van der Waals surface area contributed by atoms with E-state index in [0.717, 1.165) is 18.5 Å². The van der Waals surface area contributed by atoms with Crippen molar-refractivity contribution < 1.29 is 0 Å². The predicted octanol–water partition coefficient (Wildman–Crippen LogP) is 1.91. The molecule has 12 heavy (non-hydrogen) atoms. The average Bonchev–Trinajstić information content (AvgIpc) is 2.06. The molecule has 1 heterocycles. The number of nitrogens with zero attached hydrogens (tertiary/aromatic N) is 1. The highest BCUT2D eigenvalue weighted by atomic mass is 35.5. The molecule has 68 valence electrons. The molecule has 0 radical (unpaired) electrons. The van der Waals surface area contributed by atoms with Crippen LogP contribution in [0.25, 0.3) is 0 Å². The monoisotopic (exact) mass is 186 g/mol. The van der Waals surface area contributed by atoms with Crippen LogP contribution in [0.2, 0.25) is 0 Å². The molecule has 0 amide bonds. The lowest BCUT2D eigenvalue weighted by Gasteiger charge is -1.99. The van der Waals surface area contributed by atoms with Gasteiger partial charge in [0, 0.05) is 18.4 Å². The number of rotatable bonds is 3. The zero-order chi connectivity index (χ0) is 8.10. The van der Waals surface area contributed by atoms with Crippen molar-refractivity contribution >= 4 is 12.4 Å². The summed E-state index contributed by atoms with van der Waals surface area (Å²) in [7, 11) is 0. The Bertz CT molecular complexity index is 226. The van der Waals surface area contributed by atoms with Crippen LogP contribution in [-0.2, 0) is 13.0 Å². The third-order valence-corrected chi connectivity index (χ3v) is 1.62. The molecule has 1 aromatic heterocycles. The van der Waals surface area contributed by atoms with Gasteiger partial charge < -0.3 is 5.73 Å². The van der Waals surface area contributed by atoms with Crippen LogP contribution in [0.3, 0.4) is 0 Å². The van der Waals surface area contributed by atoms with Crippen molar-refractivity contribution in [3.05, 3.63) is 29.6 Å². The van der Waals surface area contributed by atoms with Gasteiger partial charge in [0.05, 0.1) is 0 Å². The third kappa shape index (κ3) is 3.20. The zero-order valence-electron chi connectivity index (χ0n) is 7.29. The molecule has 0 saturated heterocycles. The SMILES string of the molecule is CCCc1cc(CN)ccn1.Cl. The molecular formula is C9H15ClN2. The average molecular weight is 187 g/mol. The summed E-state index contributed by atoms with van der Waals surface area (Å²) in [5.41, 5.74) is 7.81. The lowest BCUT2D eigenvalue weighted by Crippen LogP contribution is -1.98. The molecule has 0 atom stereocenters. The lowest BCUT2D eigenvalue weighted by molar-refractivity contribution is 0.874. The lowest BCUT2D eigenvalue weighted by atomic mass is 10.2. The fourth-order valence-corrected chi connectivity index (χ4v) is 1.05. The van der Waals surface area contributed by atoms with Gasteiger partial charge in [-0.2, -0.15) is 0 Å². The number of halogens is 1.